The van der Waals surface area contributed by atoms with Gasteiger partial charge in [-0.05, 0) is 42.0 Å². The summed E-state index contributed by atoms with van der Waals surface area (Å²) in [7, 11) is 6.53. The summed E-state index contributed by atoms with van der Waals surface area (Å²) in [6, 6.07) is 12.8. The van der Waals surface area contributed by atoms with Crippen molar-refractivity contribution in [3.05, 3.63) is 48.0 Å². The highest BCUT2D eigenvalue weighted by Gasteiger charge is 2.13. The molecule has 0 aliphatic heterocycles. The van der Waals surface area contributed by atoms with Gasteiger partial charge in [-0.2, -0.15) is 0 Å². The minimum absolute atomic E-state index is 0.0117. The zero-order chi connectivity index (χ0) is 16.8. The van der Waals surface area contributed by atoms with Crippen LogP contribution >= 0.6 is 0 Å². The molecule has 2 rings (SSSR count). The Kier molecular flexibility index (Phi) is 5.46. The van der Waals surface area contributed by atoms with E-state index in [1.54, 1.807) is 39.3 Å². The monoisotopic (exact) mass is 315 g/mol. The lowest BCUT2D eigenvalue weighted by Crippen LogP contribution is -2.27. The van der Waals surface area contributed by atoms with Crippen molar-refractivity contribution in [1.82, 2.24) is 0 Å². The van der Waals surface area contributed by atoms with Gasteiger partial charge in [0.2, 0.25) is 5.91 Å². The summed E-state index contributed by atoms with van der Waals surface area (Å²) < 4.78 is 15.6. The first-order chi connectivity index (χ1) is 11.1. The Morgan fingerprint density at radius 1 is 0.913 bits per heavy atom. The molecule has 0 aliphatic carbocycles. The predicted octanol–water partition coefficient (Wildman–Crippen LogP) is 2.92. The molecule has 0 aliphatic rings. The Bertz CT molecular complexity index is 667. The molecule has 5 heteroatoms. The van der Waals surface area contributed by atoms with Gasteiger partial charge in [0, 0.05) is 12.7 Å². The smallest absolute Gasteiger partial charge is 0.231 e. The number of amides is 1. The van der Waals surface area contributed by atoms with Crippen LogP contribution in [0.3, 0.4) is 0 Å². The molecule has 0 bridgehead atoms. The molecule has 0 atom stereocenters. The number of carbonyl (C=O) groups is 1. The Hall–Kier alpha value is -2.69. The number of rotatable bonds is 6. The van der Waals surface area contributed by atoms with E-state index in [0.29, 0.717) is 11.5 Å². The van der Waals surface area contributed by atoms with Crippen molar-refractivity contribution < 1.29 is 19.0 Å². The zero-order valence-corrected chi connectivity index (χ0v) is 13.8. The van der Waals surface area contributed by atoms with Crippen LogP contribution in [-0.4, -0.2) is 34.3 Å². The van der Waals surface area contributed by atoms with E-state index in [2.05, 4.69) is 0 Å². The van der Waals surface area contributed by atoms with Gasteiger partial charge in [-0.25, -0.2) is 0 Å². The van der Waals surface area contributed by atoms with Crippen LogP contribution in [0, 0.1) is 0 Å². The second kappa shape index (κ2) is 7.54. The van der Waals surface area contributed by atoms with Gasteiger partial charge in [0.25, 0.3) is 0 Å². The van der Waals surface area contributed by atoms with E-state index in [1.807, 2.05) is 36.4 Å². The molecule has 2 aromatic carbocycles. The molecule has 1 amide bonds. The van der Waals surface area contributed by atoms with Crippen LogP contribution in [0.5, 0.6) is 17.2 Å². The molecule has 0 N–H and O–H groups in total. The molecule has 0 saturated heterocycles. The number of benzene rings is 2. The van der Waals surface area contributed by atoms with E-state index in [-0.39, 0.29) is 12.3 Å². The summed E-state index contributed by atoms with van der Waals surface area (Å²) in [5, 5.41) is 0. The Morgan fingerprint density at radius 3 is 2.13 bits per heavy atom. The maximum absolute atomic E-state index is 12.4. The van der Waals surface area contributed by atoms with E-state index in [1.165, 1.54) is 0 Å². The van der Waals surface area contributed by atoms with E-state index < -0.39 is 0 Å². The van der Waals surface area contributed by atoms with Crippen molar-refractivity contribution in [3.8, 4) is 17.2 Å². The van der Waals surface area contributed by atoms with Gasteiger partial charge < -0.3 is 19.1 Å². The second-order valence-corrected chi connectivity index (χ2v) is 5.02. The third-order valence-electron chi connectivity index (χ3n) is 3.64. The van der Waals surface area contributed by atoms with Gasteiger partial charge in [-0.1, -0.05) is 6.07 Å². The van der Waals surface area contributed by atoms with Crippen LogP contribution in [0.2, 0.25) is 0 Å². The minimum atomic E-state index is -0.0117. The number of carbonyl (C=O) groups excluding carboxylic acids is 1. The number of anilines is 1. The van der Waals surface area contributed by atoms with Crippen LogP contribution in [0.25, 0.3) is 0 Å². The number of methoxy groups -OCH3 is 3. The molecule has 5 nitrogen and oxygen atoms in total. The molecule has 122 valence electrons. The molecule has 0 fully saturated rings. The van der Waals surface area contributed by atoms with Crippen molar-refractivity contribution in [2.75, 3.05) is 33.3 Å². The normalized spacial score (nSPS) is 10.1. The largest absolute Gasteiger partial charge is 0.497 e. The first kappa shape index (κ1) is 16.7. The number of likely N-dealkylation sites (N-methyl/N-ethyl adjacent to an activating group) is 1. The topological polar surface area (TPSA) is 48.0 Å². The molecule has 0 spiro atoms. The highest BCUT2D eigenvalue weighted by Crippen LogP contribution is 2.28. The first-order valence-electron chi connectivity index (χ1n) is 7.20. The number of hydrogen-bond acceptors (Lipinski definition) is 4. The van der Waals surface area contributed by atoms with Crippen molar-refractivity contribution >= 4 is 11.6 Å². The zero-order valence-electron chi connectivity index (χ0n) is 13.8. The summed E-state index contributed by atoms with van der Waals surface area (Å²) in [6.45, 7) is 0. The molecule has 0 radical (unpaired) electrons. The molecule has 23 heavy (non-hydrogen) atoms. The van der Waals surface area contributed by atoms with Crippen molar-refractivity contribution in [2.45, 2.75) is 6.42 Å². The third-order valence-corrected chi connectivity index (χ3v) is 3.64. The number of nitrogens with zero attached hydrogens (tertiary/aromatic N) is 1. The average molecular weight is 315 g/mol. The van der Waals surface area contributed by atoms with Gasteiger partial charge in [-0.15, -0.1) is 0 Å². The quantitative estimate of drug-likeness (QED) is 0.822. The Balaban J connectivity index is 2.11. The van der Waals surface area contributed by atoms with Crippen molar-refractivity contribution in [2.24, 2.45) is 0 Å². The van der Waals surface area contributed by atoms with Crippen LogP contribution < -0.4 is 19.1 Å². The van der Waals surface area contributed by atoms with Crippen LogP contribution in [-0.2, 0) is 11.2 Å². The fourth-order valence-corrected chi connectivity index (χ4v) is 2.23. The lowest BCUT2D eigenvalue weighted by atomic mass is 10.1. The first-order valence-corrected chi connectivity index (χ1v) is 7.20. The molecule has 2 aromatic rings. The summed E-state index contributed by atoms with van der Waals surface area (Å²) in [6.07, 6.45) is 0.281. The van der Waals surface area contributed by atoms with Crippen LogP contribution in [0.1, 0.15) is 5.56 Å². The Morgan fingerprint density at radius 2 is 1.57 bits per heavy atom. The number of ether oxygens (including phenoxy) is 3. The molecule has 0 aromatic heterocycles. The third kappa shape index (κ3) is 3.94. The van der Waals surface area contributed by atoms with Gasteiger partial charge in [0.15, 0.2) is 11.5 Å². The van der Waals surface area contributed by atoms with Gasteiger partial charge >= 0.3 is 0 Å². The van der Waals surface area contributed by atoms with Crippen LogP contribution in [0.4, 0.5) is 5.69 Å². The summed E-state index contributed by atoms with van der Waals surface area (Å²) in [5.41, 5.74) is 1.68. The van der Waals surface area contributed by atoms with E-state index in [9.17, 15) is 4.79 Å². The highest BCUT2D eigenvalue weighted by molar-refractivity contribution is 5.94. The standard InChI is InChI=1S/C18H21NO4/c1-19(14-6-8-15(21-2)9-7-14)18(20)12-13-5-10-16(22-3)17(11-13)23-4/h5-11H,12H2,1-4H3. The highest BCUT2D eigenvalue weighted by atomic mass is 16.5. The second-order valence-electron chi connectivity index (χ2n) is 5.02. The van der Waals surface area contributed by atoms with Crippen molar-refractivity contribution in [3.63, 3.8) is 0 Å². The summed E-state index contributed by atoms with van der Waals surface area (Å²) >= 11 is 0. The van der Waals surface area contributed by atoms with Gasteiger partial charge in [0.05, 0.1) is 27.8 Å². The van der Waals surface area contributed by atoms with E-state index in [0.717, 1.165) is 17.0 Å². The molecule has 0 saturated carbocycles. The van der Waals surface area contributed by atoms with Gasteiger partial charge in [0.1, 0.15) is 5.75 Å². The van der Waals surface area contributed by atoms with Crippen LogP contribution in [0.15, 0.2) is 42.5 Å². The molecular formula is C18H21NO4. The maximum atomic E-state index is 12.4. The fourth-order valence-electron chi connectivity index (χ4n) is 2.23. The molecule has 0 heterocycles. The molecular weight excluding hydrogens is 294 g/mol. The minimum Gasteiger partial charge on any atom is -0.497 e. The predicted molar refractivity (Wildman–Crippen MR) is 89.7 cm³/mol. The average Bonchev–Trinajstić information content (AvgIpc) is 2.60. The van der Waals surface area contributed by atoms with E-state index in [4.69, 9.17) is 14.2 Å². The SMILES string of the molecule is COc1ccc(N(C)C(=O)Cc2ccc(OC)c(OC)c2)cc1. The fraction of sp³-hybridized carbons (Fsp3) is 0.278. The lowest BCUT2D eigenvalue weighted by Gasteiger charge is -2.18. The number of hydrogen-bond donors (Lipinski definition) is 0. The Labute approximate surface area is 136 Å². The maximum Gasteiger partial charge on any atom is 0.231 e. The lowest BCUT2D eigenvalue weighted by molar-refractivity contribution is -0.117. The summed E-state index contributed by atoms with van der Waals surface area (Å²) in [5.74, 6) is 2.01. The summed E-state index contributed by atoms with van der Waals surface area (Å²) in [4.78, 5) is 14.1. The molecule has 0 unspecified atom stereocenters. The van der Waals surface area contributed by atoms with Gasteiger partial charge in [-0.3, -0.25) is 4.79 Å². The van der Waals surface area contributed by atoms with Crippen molar-refractivity contribution in [1.29, 1.82) is 0 Å². The van der Waals surface area contributed by atoms with E-state index >= 15 is 0 Å².